The fourth-order valence-electron chi connectivity index (χ4n) is 2.00. The Morgan fingerprint density at radius 3 is 2.94 bits per heavy atom. The third-order valence-electron chi connectivity index (χ3n) is 3.14. The van der Waals surface area contributed by atoms with Crippen LogP contribution < -0.4 is 15.8 Å². The van der Waals surface area contributed by atoms with E-state index in [-0.39, 0.29) is 11.3 Å². The molecule has 98 valence electrons. The molecule has 0 fully saturated rings. The number of carbonyl (C=O) groups excluding carboxylic acids is 1. The summed E-state index contributed by atoms with van der Waals surface area (Å²) in [5.41, 5.74) is 7.73. The molecule has 1 aliphatic rings. The highest BCUT2D eigenvalue weighted by Gasteiger charge is 2.19. The maximum absolute atomic E-state index is 11.5. The van der Waals surface area contributed by atoms with Crippen molar-refractivity contribution >= 4 is 11.6 Å². The number of amides is 1. The van der Waals surface area contributed by atoms with Crippen molar-refractivity contribution < 1.29 is 9.53 Å². The normalized spacial score (nSPS) is 15.4. The van der Waals surface area contributed by atoms with E-state index in [1.165, 1.54) is 0 Å². The van der Waals surface area contributed by atoms with E-state index in [0.717, 1.165) is 23.4 Å². The van der Waals surface area contributed by atoms with Gasteiger partial charge in [-0.1, -0.05) is 19.9 Å². The minimum Gasteiger partial charge on any atom is -0.491 e. The van der Waals surface area contributed by atoms with E-state index in [0.29, 0.717) is 19.6 Å². The van der Waals surface area contributed by atoms with Crippen molar-refractivity contribution in [2.75, 3.05) is 18.5 Å². The molecule has 1 aromatic carbocycles. The van der Waals surface area contributed by atoms with Gasteiger partial charge >= 0.3 is 0 Å². The number of nitrogens with two attached hydrogens (primary N) is 1. The molecule has 0 unspecified atom stereocenters. The minimum atomic E-state index is 0.00369. The van der Waals surface area contributed by atoms with Crippen molar-refractivity contribution in [1.82, 2.24) is 0 Å². The van der Waals surface area contributed by atoms with Gasteiger partial charge < -0.3 is 15.8 Å². The lowest BCUT2D eigenvalue weighted by Crippen LogP contribution is -2.25. The Labute approximate surface area is 108 Å². The van der Waals surface area contributed by atoms with Crippen molar-refractivity contribution in [2.45, 2.75) is 26.7 Å². The van der Waals surface area contributed by atoms with E-state index >= 15 is 0 Å². The van der Waals surface area contributed by atoms with Gasteiger partial charge in [0.1, 0.15) is 5.75 Å². The molecule has 18 heavy (non-hydrogen) atoms. The Morgan fingerprint density at radius 1 is 1.44 bits per heavy atom. The molecule has 0 aromatic heterocycles. The molecule has 1 amide bonds. The van der Waals surface area contributed by atoms with E-state index in [1.54, 1.807) is 0 Å². The highest BCUT2D eigenvalue weighted by Crippen LogP contribution is 2.30. The number of benzene rings is 1. The molecule has 0 bridgehead atoms. The first-order valence-electron chi connectivity index (χ1n) is 6.26. The second-order valence-electron chi connectivity index (χ2n) is 5.52. The van der Waals surface area contributed by atoms with Crippen LogP contribution in [0.3, 0.4) is 0 Å². The lowest BCUT2D eigenvalue weighted by Gasteiger charge is -2.22. The van der Waals surface area contributed by atoms with Crippen LogP contribution in [0.15, 0.2) is 18.2 Å². The second kappa shape index (κ2) is 4.98. The predicted octanol–water partition coefficient (Wildman–Crippen LogP) is 1.94. The van der Waals surface area contributed by atoms with Gasteiger partial charge in [-0.15, -0.1) is 0 Å². The van der Waals surface area contributed by atoms with Gasteiger partial charge in [-0.3, -0.25) is 4.79 Å². The molecule has 1 aliphatic heterocycles. The molecule has 0 atom stereocenters. The number of anilines is 1. The van der Waals surface area contributed by atoms with Gasteiger partial charge in [-0.25, -0.2) is 0 Å². The molecule has 0 radical (unpaired) electrons. The Morgan fingerprint density at radius 2 is 2.22 bits per heavy atom. The largest absolute Gasteiger partial charge is 0.491 e. The van der Waals surface area contributed by atoms with Gasteiger partial charge in [-0.05, 0) is 36.1 Å². The molecule has 1 heterocycles. The summed E-state index contributed by atoms with van der Waals surface area (Å²) in [4.78, 5) is 11.5. The van der Waals surface area contributed by atoms with Crippen LogP contribution in [0.1, 0.15) is 25.8 Å². The molecule has 0 aliphatic carbocycles. The van der Waals surface area contributed by atoms with Crippen molar-refractivity contribution in [1.29, 1.82) is 0 Å². The maximum atomic E-state index is 11.5. The molecule has 3 N–H and O–H groups in total. The average molecular weight is 248 g/mol. The lowest BCUT2D eigenvalue weighted by atomic mass is 9.86. The van der Waals surface area contributed by atoms with Crippen LogP contribution in [0.5, 0.6) is 5.75 Å². The number of carbonyl (C=O) groups is 1. The first-order chi connectivity index (χ1) is 8.50. The molecule has 0 spiro atoms. The Bertz CT molecular complexity index is 455. The third-order valence-corrected chi connectivity index (χ3v) is 3.14. The molecule has 4 heteroatoms. The number of hydrogen-bond donors (Lipinski definition) is 2. The predicted molar refractivity (Wildman–Crippen MR) is 71.7 cm³/mol. The van der Waals surface area contributed by atoms with Crippen LogP contribution in [-0.2, 0) is 11.2 Å². The van der Waals surface area contributed by atoms with Gasteiger partial charge in [0.15, 0.2) is 0 Å². The summed E-state index contributed by atoms with van der Waals surface area (Å²) in [6, 6.07) is 5.94. The number of fused-ring (bicyclic) bond motifs is 1. The van der Waals surface area contributed by atoms with Crippen LogP contribution in [0.2, 0.25) is 0 Å². The second-order valence-corrected chi connectivity index (χ2v) is 5.52. The summed E-state index contributed by atoms with van der Waals surface area (Å²) in [7, 11) is 0. The monoisotopic (exact) mass is 248 g/mol. The van der Waals surface area contributed by atoms with E-state index in [4.69, 9.17) is 10.5 Å². The van der Waals surface area contributed by atoms with Gasteiger partial charge in [0.2, 0.25) is 5.91 Å². The fraction of sp³-hybridized carbons (Fsp3) is 0.500. The summed E-state index contributed by atoms with van der Waals surface area (Å²) < 4.78 is 5.52. The van der Waals surface area contributed by atoms with Crippen LogP contribution in [-0.4, -0.2) is 19.1 Å². The van der Waals surface area contributed by atoms with Crippen LogP contribution in [0.25, 0.3) is 0 Å². The first-order valence-corrected chi connectivity index (χ1v) is 6.26. The number of rotatable bonds is 3. The van der Waals surface area contributed by atoms with Gasteiger partial charge in [0.05, 0.1) is 18.7 Å². The highest BCUT2D eigenvalue weighted by atomic mass is 16.5. The van der Waals surface area contributed by atoms with Crippen LogP contribution >= 0.6 is 0 Å². The van der Waals surface area contributed by atoms with Crippen LogP contribution in [0, 0.1) is 5.41 Å². The summed E-state index contributed by atoms with van der Waals surface area (Å²) in [6.07, 6.45) is 1.28. The van der Waals surface area contributed by atoms with Crippen molar-refractivity contribution in [3.63, 3.8) is 0 Å². The molecule has 0 saturated heterocycles. The van der Waals surface area contributed by atoms with Crippen molar-refractivity contribution in [2.24, 2.45) is 11.1 Å². The molecule has 0 saturated carbocycles. The first kappa shape index (κ1) is 12.9. The zero-order valence-electron chi connectivity index (χ0n) is 11.0. The van der Waals surface area contributed by atoms with E-state index in [9.17, 15) is 4.79 Å². The van der Waals surface area contributed by atoms with Crippen molar-refractivity contribution in [3.8, 4) is 5.75 Å². The Hall–Kier alpha value is -1.55. The van der Waals surface area contributed by atoms with Crippen LogP contribution in [0.4, 0.5) is 5.69 Å². The summed E-state index contributed by atoms with van der Waals surface area (Å²) in [5.74, 6) is 0.749. The molecular weight excluding hydrogens is 228 g/mol. The van der Waals surface area contributed by atoms with Crippen molar-refractivity contribution in [3.05, 3.63) is 23.8 Å². The Balaban J connectivity index is 2.23. The molecule has 1 aromatic rings. The average Bonchev–Trinajstić information content (AvgIpc) is 2.49. The highest BCUT2D eigenvalue weighted by molar-refractivity contribution is 5.93. The molecule has 2 rings (SSSR count). The zero-order chi connectivity index (χ0) is 13.2. The van der Waals surface area contributed by atoms with Gasteiger partial charge in [0.25, 0.3) is 0 Å². The topological polar surface area (TPSA) is 64.3 Å². The molecule has 4 nitrogen and oxygen atoms in total. The summed E-state index contributed by atoms with van der Waals surface area (Å²) >= 11 is 0. The van der Waals surface area contributed by atoms with E-state index in [2.05, 4.69) is 19.2 Å². The lowest BCUT2D eigenvalue weighted by molar-refractivity contribution is -0.116. The fourth-order valence-corrected chi connectivity index (χ4v) is 2.00. The quantitative estimate of drug-likeness (QED) is 0.859. The van der Waals surface area contributed by atoms with E-state index in [1.807, 2.05) is 18.2 Å². The van der Waals surface area contributed by atoms with Gasteiger partial charge in [-0.2, -0.15) is 0 Å². The minimum absolute atomic E-state index is 0.00369. The number of hydrogen-bond acceptors (Lipinski definition) is 3. The Kier molecular flexibility index (Phi) is 3.57. The van der Waals surface area contributed by atoms with E-state index < -0.39 is 0 Å². The standard InChI is InChI=1S/C14H20N2O2/c1-14(2,9-15)8-10-3-4-12-11(7-10)16-13(17)5-6-18-12/h3-4,7H,5-6,8-9,15H2,1-2H3,(H,16,17). The third kappa shape index (κ3) is 3.01. The number of nitrogens with one attached hydrogen (secondary N) is 1. The maximum Gasteiger partial charge on any atom is 0.227 e. The molecular formula is C14H20N2O2. The van der Waals surface area contributed by atoms with Gasteiger partial charge in [0, 0.05) is 0 Å². The summed E-state index contributed by atoms with van der Waals surface area (Å²) in [5, 5.41) is 2.87. The smallest absolute Gasteiger partial charge is 0.227 e. The summed E-state index contributed by atoms with van der Waals surface area (Å²) in [6.45, 7) is 5.33. The number of ether oxygens (including phenoxy) is 1. The SMILES string of the molecule is CC(C)(CN)Cc1ccc2c(c1)NC(=O)CCO2. The zero-order valence-corrected chi connectivity index (χ0v) is 11.0.